The SMILES string of the molecule is COC(=O)c1cccc(NC(=O)c2ccc(-c3ccccc3)nc2)c1C. The highest BCUT2D eigenvalue weighted by Gasteiger charge is 2.14. The number of carbonyl (C=O) groups is 2. The number of hydrogen-bond donors (Lipinski definition) is 1. The monoisotopic (exact) mass is 346 g/mol. The lowest BCUT2D eigenvalue weighted by atomic mass is 10.1. The summed E-state index contributed by atoms with van der Waals surface area (Å²) in [7, 11) is 1.33. The van der Waals surface area contributed by atoms with Crippen molar-refractivity contribution in [3.05, 3.63) is 83.6 Å². The molecular formula is C21H18N2O3. The minimum absolute atomic E-state index is 0.290. The molecule has 0 saturated heterocycles. The molecule has 0 aliphatic heterocycles. The molecule has 130 valence electrons. The predicted molar refractivity (Wildman–Crippen MR) is 100 cm³/mol. The first-order valence-corrected chi connectivity index (χ1v) is 8.11. The molecule has 3 rings (SSSR count). The molecule has 0 unspecified atom stereocenters. The molecule has 1 heterocycles. The molecule has 0 aliphatic carbocycles. The van der Waals surface area contributed by atoms with Crippen molar-refractivity contribution in [3.63, 3.8) is 0 Å². The Morgan fingerprint density at radius 1 is 0.962 bits per heavy atom. The number of esters is 1. The quantitative estimate of drug-likeness (QED) is 0.722. The van der Waals surface area contributed by atoms with Crippen LogP contribution in [0.2, 0.25) is 0 Å². The van der Waals surface area contributed by atoms with E-state index in [-0.39, 0.29) is 5.91 Å². The molecular weight excluding hydrogens is 328 g/mol. The number of aromatic nitrogens is 1. The van der Waals surface area contributed by atoms with Gasteiger partial charge in [-0.15, -0.1) is 0 Å². The van der Waals surface area contributed by atoms with Crippen molar-refractivity contribution in [3.8, 4) is 11.3 Å². The van der Waals surface area contributed by atoms with E-state index in [4.69, 9.17) is 4.74 Å². The Balaban J connectivity index is 1.80. The topological polar surface area (TPSA) is 68.3 Å². The van der Waals surface area contributed by atoms with Crippen molar-refractivity contribution in [2.24, 2.45) is 0 Å². The van der Waals surface area contributed by atoms with Crippen LogP contribution in [0.3, 0.4) is 0 Å². The van der Waals surface area contributed by atoms with Gasteiger partial charge in [0, 0.05) is 17.4 Å². The van der Waals surface area contributed by atoms with E-state index in [0.717, 1.165) is 11.3 Å². The molecule has 1 N–H and O–H groups in total. The van der Waals surface area contributed by atoms with Crippen LogP contribution in [0, 0.1) is 6.92 Å². The highest BCUT2D eigenvalue weighted by molar-refractivity contribution is 6.05. The van der Waals surface area contributed by atoms with Crippen molar-refractivity contribution >= 4 is 17.6 Å². The molecule has 1 amide bonds. The molecule has 0 saturated carbocycles. The van der Waals surface area contributed by atoms with Gasteiger partial charge in [0.15, 0.2) is 0 Å². The highest BCUT2D eigenvalue weighted by atomic mass is 16.5. The fourth-order valence-corrected chi connectivity index (χ4v) is 2.60. The lowest BCUT2D eigenvalue weighted by Gasteiger charge is -2.11. The number of methoxy groups -OCH3 is 1. The van der Waals surface area contributed by atoms with E-state index in [1.165, 1.54) is 13.3 Å². The van der Waals surface area contributed by atoms with Crippen molar-refractivity contribution in [2.75, 3.05) is 12.4 Å². The number of carbonyl (C=O) groups excluding carboxylic acids is 2. The van der Waals surface area contributed by atoms with Crippen LogP contribution in [0.4, 0.5) is 5.69 Å². The minimum Gasteiger partial charge on any atom is -0.465 e. The van der Waals surface area contributed by atoms with E-state index in [0.29, 0.717) is 22.4 Å². The maximum atomic E-state index is 12.5. The van der Waals surface area contributed by atoms with Gasteiger partial charge in [0.1, 0.15) is 0 Å². The number of pyridine rings is 1. The Bertz CT molecular complexity index is 935. The Morgan fingerprint density at radius 3 is 2.38 bits per heavy atom. The van der Waals surface area contributed by atoms with Crippen LogP contribution in [0.5, 0.6) is 0 Å². The smallest absolute Gasteiger partial charge is 0.338 e. The standard InChI is InChI=1S/C21H18N2O3/c1-14-17(21(25)26-2)9-6-10-18(14)23-20(24)16-11-12-19(22-13-16)15-7-4-3-5-8-15/h3-13H,1-2H3,(H,23,24). The minimum atomic E-state index is -0.438. The second kappa shape index (κ2) is 7.61. The summed E-state index contributed by atoms with van der Waals surface area (Å²) >= 11 is 0. The van der Waals surface area contributed by atoms with E-state index in [2.05, 4.69) is 10.3 Å². The summed E-state index contributed by atoms with van der Waals surface area (Å²) in [4.78, 5) is 28.6. The van der Waals surface area contributed by atoms with Gasteiger partial charge in [-0.25, -0.2) is 4.79 Å². The van der Waals surface area contributed by atoms with Gasteiger partial charge in [-0.1, -0.05) is 36.4 Å². The largest absolute Gasteiger partial charge is 0.465 e. The first kappa shape index (κ1) is 17.4. The number of hydrogen-bond acceptors (Lipinski definition) is 4. The van der Waals surface area contributed by atoms with Gasteiger partial charge in [0.25, 0.3) is 5.91 Å². The third kappa shape index (κ3) is 3.62. The van der Waals surface area contributed by atoms with Gasteiger partial charge in [-0.05, 0) is 36.8 Å². The third-order valence-electron chi connectivity index (χ3n) is 4.08. The van der Waals surface area contributed by atoms with Crippen LogP contribution < -0.4 is 5.32 Å². The average Bonchev–Trinajstić information content (AvgIpc) is 2.69. The van der Waals surface area contributed by atoms with E-state index < -0.39 is 5.97 Å². The van der Waals surface area contributed by atoms with Gasteiger partial charge >= 0.3 is 5.97 Å². The molecule has 0 atom stereocenters. The molecule has 1 aromatic heterocycles. The van der Waals surface area contributed by atoms with Crippen molar-refractivity contribution < 1.29 is 14.3 Å². The van der Waals surface area contributed by atoms with E-state index >= 15 is 0 Å². The van der Waals surface area contributed by atoms with Crippen LogP contribution in [-0.4, -0.2) is 24.0 Å². The number of nitrogens with one attached hydrogen (secondary N) is 1. The summed E-state index contributed by atoms with van der Waals surface area (Å²) in [5, 5.41) is 2.82. The molecule has 0 radical (unpaired) electrons. The van der Waals surface area contributed by atoms with Crippen molar-refractivity contribution in [1.29, 1.82) is 0 Å². The summed E-state index contributed by atoms with van der Waals surface area (Å²) in [5.41, 5.74) is 3.86. The lowest BCUT2D eigenvalue weighted by molar-refractivity contribution is 0.0599. The fourth-order valence-electron chi connectivity index (χ4n) is 2.60. The Hall–Kier alpha value is -3.47. The number of anilines is 1. The molecule has 5 heteroatoms. The maximum Gasteiger partial charge on any atom is 0.338 e. The summed E-state index contributed by atoms with van der Waals surface area (Å²) in [6.45, 7) is 1.76. The normalized spacial score (nSPS) is 10.2. The van der Waals surface area contributed by atoms with E-state index in [1.807, 2.05) is 36.4 Å². The Morgan fingerprint density at radius 2 is 1.73 bits per heavy atom. The number of ether oxygens (including phenoxy) is 1. The first-order valence-electron chi connectivity index (χ1n) is 8.11. The van der Waals surface area contributed by atoms with Gasteiger partial charge in [0.2, 0.25) is 0 Å². The van der Waals surface area contributed by atoms with Crippen LogP contribution >= 0.6 is 0 Å². The first-order chi connectivity index (χ1) is 12.6. The summed E-state index contributed by atoms with van der Waals surface area (Å²) in [5.74, 6) is -0.727. The van der Waals surface area contributed by atoms with Crippen LogP contribution in [-0.2, 0) is 4.74 Å². The zero-order valence-electron chi connectivity index (χ0n) is 14.5. The molecule has 0 bridgehead atoms. The molecule has 26 heavy (non-hydrogen) atoms. The van der Waals surface area contributed by atoms with Gasteiger partial charge in [-0.3, -0.25) is 9.78 Å². The zero-order valence-corrected chi connectivity index (χ0v) is 14.5. The Labute approximate surface area is 151 Å². The zero-order chi connectivity index (χ0) is 18.5. The average molecular weight is 346 g/mol. The second-order valence-electron chi connectivity index (χ2n) is 5.72. The summed E-state index contributed by atoms with van der Waals surface area (Å²) in [6, 6.07) is 18.4. The number of amides is 1. The molecule has 2 aromatic carbocycles. The molecule has 5 nitrogen and oxygen atoms in total. The molecule has 0 aliphatic rings. The third-order valence-corrected chi connectivity index (χ3v) is 4.08. The Kier molecular flexibility index (Phi) is 5.08. The van der Waals surface area contributed by atoms with E-state index in [9.17, 15) is 9.59 Å². The van der Waals surface area contributed by atoms with Crippen LogP contribution in [0.1, 0.15) is 26.3 Å². The highest BCUT2D eigenvalue weighted by Crippen LogP contribution is 2.21. The van der Waals surface area contributed by atoms with Crippen LogP contribution in [0.15, 0.2) is 66.9 Å². The van der Waals surface area contributed by atoms with Gasteiger partial charge in [-0.2, -0.15) is 0 Å². The van der Waals surface area contributed by atoms with Crippen molar-refractivity contribution in [2.45, 2.75) is 6.92 Å². The number of benzene rings is 2. The lowest BCUT2D eigenvalue weighted by Crippen LogP contribution is -2.14. The maximum absolute atomic E-state index is 12.5. The predicted octanol–water partition coefficient (Wildman–Crippen LogP) is 4.10. The summed E-state index contributed by atoms with van der Waals surface area (Å²) < 4.78 is 4.76. The fraction of sp³-hybridized carbons (Fsp3) is 0.0952. The van der Waals surface area contributed by atoms with Gasteiger partial charge in [0.05, 0.1) is 23.9 Å². The number of rotatable bonds is 4. The molecule has 3 aromatic rings. The summed E-state index contributed by atoms with van der Waals surface area (Å²) in [6.07, 6.45) is 1.54. The number of nitrogens with zero attached hydrogens (tertiary/aromatic N) is 1. The van der Waals surface area contributed by atoms with E-state index in [1.54, 1.807) is 31.2 Å². The van der Waals surface area contributed by atoms with Gasteiger partial charge < -0.3 is 10.1 Å². The van der Waals surface area contributed by atoms with Crippen LogP contribution in [0.25, 0.3) is 11.3 Å². The molecule has 0 spiro atoms. The second-order valence-corrected chi connectivity index (χ2v) is 5.72. The molecule has 0 fully saturated rings. The van der Waals surface area contributed by atoms with Crippen molar-refractivity contribution in [1.82, 2.24) is 4.98 Å².